The van der Waals surface area contributed by atoms with Gasteiger partial charge >= 0.3 is 6.18 Å². The molecule has 6 heteroatoms. The van der Waals surface area contributed by atoms with Crippen LogP contribution >= 0.6 is 0 Å². The number of carbonyl (C=O) groups excluding carboxylic acids is 1. The number of rotatable bonds is 3. The average molecular weight is 284 g/mol. The van der Waals surface area contributed by atoms with Crippen LogP contribution in [0, 0.1) is 18.8 Å². The number of benzene rings is 1. The molecule has 0 radical (unpaired) electrons. The van der Waals surface area contributed by atoms with Gasteiger partial charge in [0.25, 0.3) is 0 Å². The van der Waals surface area contributed by atoms with E-state index in [4.69, 9.17) is 5.73 Å². The van der Waals surface area contributed by atoms with E-state index in [0.717, 1.165) is 5.56 Å². The summed E-state index contributed by atoms with van der Waals surface area (Å²) in [7, 11) is 0. The highest BCUT2D eigenvalue weighted by Gasteiger charge is 2.27. The number of nitrogens with two attached hydrogens (primary N) is 1. The lowest BCUT2D eigenvalue weighted by molar-refractivity contribution is -0.142. The predicted octanol–water partition coefficient (Wildman–Crippen LogP) is 2.59. The lowest BCUT2D eigenvalue weighted by atomic mass is 10.1. The monoisotopic (exact) mass is 284 g/mol. The number of anilines is 1. The van der Waals surface area contributed by atoms with Gasteiger partial charge in [-0.1, -0.05) is 11.8 Å². The van der Waals surface area contributed by atoms with E-state index < -0.39 is 24.9 Å². The Hall–Kier alpha value is -2.00. The Labute approximate surface area is 115 Å². The minimum Gasteiger partial charge on any atom is -0.326 e. The van der Waals surface area contributed by atoms with Gasteiger partial charge in [0.05, 0.1) is 13.0 Å². The number of carbonyl (C=O) groups is 1. The minimum absolute atomic E-state index is 0.210. The van der Waals surface area contributed by atoms with Crippen molar-refractivity contribution in [2.45, 2.75) is 25.9 Å². The summed E-state index contributed by atoms with van der Waals surface area (Å²) >= 11 is 0. The van der Waals surface area contributed by atoms with Gasteiger partial charge in [0.15, 0.2) is 0 Å². The van der Waals surface area contributed by atoms with Crippen LogP contribution < -0.4 is 11.1 Å². The fourth-order valence-electron chi connectivity index (χ4n) is 1.56. The van der Waals surface area contributed by atoms with Gasteiger partial charge in [0.2, 0.25) is 5.91 Å². The van der Waals surface area contributed by atoms with Gasteiger partial charge in [-0.3, -0.25) is 4.79 Å². The first kappa shape index (κ1) is 16.1. The maximum atomic E-state index is 12.0. The molecule has 0 heterocycles. The van der Waals surface area contributed by atoms with E-state index in [0.29, 0.717) is 11.3 Å². The van der Waals surface area contributed by atoms with Crippen LogP contribution in [0.2, 0.25) is 0 Å². The van der Waals surface area contributed by atoms with E-state index in [-0.39, 0.29) is 6.54 Å². The molecule has 0 aliphatic rings. The third kappa shape index (κ3) is 6.25. The van der Waals surface area contributed by atoms with Crippen LogP contribution in [0.4, 0.5) is 18.9 Å². The van der Waals surface area contributed by atoms with Gasteiger partial charge in [-0.2, -0.15) is 13.2 Å². The molecule has 1 rings (SSSR count). The van der Waals surface area contributed by atoms with Gasteiger partial charge in [-0.05, 0) is 30.7 Å². The molecule has 0 spiro atoms. The zero-order valence-corrected chi connectivity index (χ0v) is 11.0. The van der Waals surface area contributed by atoms with Crippen LogP contribution in [-0.4, -0.2) is 18.6 Å². The minimum atomic E-state index is -4.33. The molecule has 0 saturated heterocycles. The highest BCUT2D eigenvalue weighted by molar-refractivity contribution is 5.91. The molecule has 1 aromatic carbocycles. The van der Waals surface area contributed by atoms with Gasteiger partial charge in [0, 0.05) is 17.7 Å². The SMILES string of the molecule is Cc1cc(C#CCN)cc(NC(=O)CCC(F)(F)F)c1. The second-order valence-electron chi connectivity index (χ2n) is 4.26. The molecule has 3 N–H and O–H groups in total. The standard InChI is InChI=1S/C14H15F3N2O/c1-10-7-11(3-2-6-18)9-12(8-10)19-13(20)4-5-14(15,16)17/h7-9H,4-6,18H2,1H3,(H,19,20). The molecule has 0 saturated carbocycles. The number of amides is 1. The fraction of sp³-hybridized carbons (Fsp3) is 0.357. The predicted molar refractivity (Wildman–Crippen MR) is 71.0 cm³/mol. The molecule has 0 aliphatic heterocycles. The summed E-state index contributed by atoms with van der Waals surface area (Å²) in [6, 6.07) is 5.06. The van der Waals surface area contributed by atoms with Gasteiger partial charge in [-0.15, -0.1) is 0 Å². The first-order valence-electron chi connectivity index (χ1n) is 5.97. The first-order chi connectivity index (χ1) is 9.30. The third-order valence-electron chi connectivity index (χ3n) is 2.33. The van der Waals surface area contributed by atoms with Crippen molar-refractivity contribution in [3.63, 3.8) is 0 Å². The summed E-state index contributed by atoms with van der Waals surface area (Å²) in [6.45, 7) is 2.01. The second-order valence-corrected chi connectivity index (χ2v) is 4.26. The second kappa shape index (κ2) is 6.96. The summed E-state index contributed by atoms with van der Waals surface area (Å²) in [5.74, 6) is 4.81. The third-order valence-corrected chi connectivity index (χ3v) is 2.33. The van der Waals surface area contributed by atoms with Crippen molar-refractivity contribution in [1.82, 2.24) is 0 Å². The highest BCUT2D eigenvalue weighted by atomic mass is 19.4. The van der Waals surface area contributed by atoms with Crippen LogP contribution in [0.1, 0.15) is 24.0 Å². The molecule has 20 heavy (non-hydrogen) atoms. The van der Waals surface area contributed by atoms with Crippen molar-refractivity contribution < 1.29 is 18.0 Å². The molecule has 0 bridgehead atoms. The molecule has 0 atom stereocenters. The number of nitrogens with one attached hydrogen (secondary N) is 1. The van der Waals surface area contributed by atoms with Crippen LogP contribution in [0.25, 0.3) is 0 Å². The molecule has 0 aliphatic carbocycles. The smallest absolute Gasteiger partial charge is 0.326 e. The maximum absolute atomic E-state index is 12.0. The summed E-state index contributed by atoms with van der Waals surface area (Å²) in [4.78, 5) is 11.4. The van der Waals surface area contributed by atoms with Crippen molar-refractivity contribution in [2.24, 2.45) is 5.73 Å². The summed E-state index contributed by atoms with van der Waals surface area (Å²) in [5, 5.41) is 2.43. The Balaban J connectivity index is 2.72. The quantitative estimate of drug-likeness (QED) is 0.838. The lowest BCUT2D eigenvalue weighted by Gasteiger charge is -2.08. The van der Waals surface area contributed by atoms with Crippen LogP contribution in [-0.2, 0) is 4.79 Å². The topological polar surface area (TPSA) is 55.1 Å². The normalized spacial score (nSPS) is 10.7. The van der Waals surface area contributed by atoms with E-state index in [1.54, 1.807) is 25.1 Å². The molecular weight excluding hydrogens is 269 g/mol. The molecule has 1 amide bonds. The number of halogens is 3. The van der Waals surface area contributed by atoms with E-state index in [2.05, 4.69) is 17.2 Å². The van der Waals surface area contributed by atoms with Crippen LogP contribution in [0.5, 0.6) is 0 Å². The number of hydrogen-bond donors (Lipinski definition) is 2. The van der Waals surface area contributed by atoms with E-state index in [9.17, 15) is 18.0 Å². The molecule has 0 fully saturated rings. The molecule has 3 nitrogen and oxygen atoms in total. The zero-order valence-electron chi connectivity index (χ0n) is 11.0. The van der Waals surface area contributed by atoms with Crippen molar-refractivity contribution in [3.8, 4) is 11.8 Å². The largest absolute Gasteiger partial charge is 0.389 e. The number of aryl methyl sites for hydroxylation is 1. The number of alkyl halides is 3. The Morgan fingerprint density at radius 2 is 2.05 bits per heavy atom. The van der Waals surface area contributed by atoms with Crippen LogP contribution in [0.3, 0.4) is 0 Å². The summed E-state index contributed by atoms with van der Waals surface area (Å²) in [6.07, 6.45) is -6.06. The molecule has 0 aromatic heterocycles. The van der Waals surface area contributed by atoms with E-state index >= 15 is 0 Å². The van der Waals surface area contributed by atoms with Gasteiger partial charge in [-0.25, -0.2) is 0 Å². The van der Waals surface area contributed by atoms with Crippen molar-refractivity contribution in [1.29, 1.82) is 0 Å². The van der Waals surface area contributed by atoms with Crippen molar-refractivity contribution in [2.75, 3.05) is 11.9 Å². The highest BCUT2D eigenvalue weighted by Crippen LogP contribution is 2.22. The van der Waals surface area contributed by atoms with Gasteiger partial charge in [0.1, 0.15) is 0 Å². The fourth-order valence-corrected chi connectivity index (χ4v) is 1.56. The van der Waals surface area contributed by atoms with Crippen molar-refractivity contribution in [3.05, 3.63) is 29.3 Å². The average Bonchev–Trinajstić information content (AvgIpc) is 2.32. The van der Waals surface area contributed by atoms with E-state index in [1.807, 2.05) is 0 Å². The molecular formula is C14H15F3N2O. The van der Waals surface area contributed by atoms with Crippen molar-refractivity contribution >= 4 is 11.6 Å². The number of hydrogen-bond acceptors (Lipinski definition) is 2. The summed E-state index contributed by atoms with van der Waals surface area (Å²) < 4.78 is 36.0. The Bertz CT molecular complexity index is 542. The van der Waals surface area contributed by atoms with E-state index in [1.165, 1.54) is 0 Å². The Morgan fingerprint density at radius 3 is 2.65 bits per heavy atom. The molecule has 108 valence electrons. The Morgan fingerprint density at radius 1 is 1.35 bits per heavy atom. The molecule has 1 aromatic rings. The Kier molecular flexibility index (Phi) is 5.59. The lowest BCUT2D eigenvalue weighted by Crippen LogP contribution is -2.16. The molecule has 0 unspecified atom stereocenters. The zero-order chi connectivity index (χ0) is 15.2. The maximum Gasteiger partial charge on any atom is 0.389 e. The summed E-state index contributed by atoms with van der Waals surface area (Å²) in [5.41, 5.74) is 7.19. The van der Waals surface area contributed by atoms with Gasteiger partial charge < -0.3 is 11.1 Å². The first-order valence-corrected chi connectivity index (χ1v) is 5.97. The van der Waals surface area contributed by atoms with Crippen LogP contribution in [0.15, 0.2) is 18.2 Å².